The Labute approximate surface area is 174 Å². The van der Waals surface area contributed by atoms with Crippen LogP contribution < -0.4 is 10.6 Å². The minimum atomic E-state index is -0.244. The zero-order chi connectivity index (χ0) is 20.2. The third-order valence-corrected chi connectivity index (χ3v) is 5.49. The van der Waals surface area contributed by atoms with Crippen molar-refractivity contribution >= 4 is 28.5 Å². The summed E-state index contributed by atoms with van der Waals surface area (Å²) >= 11 is 6.23. The number of benzene rings is 2. The number of aryl methyl sites for hydroxylation is 1. The van der Waals surface area contributed by atoms with Crippen molar-refractivity contribution in [2.75, 3.05) is 32.7 Å². The molecule has 2 N–H and O–H groups in total. The second kappa shape index (κ2) is 8.84. The first-order valence-electron chi connectivity index (χ1n) is 9.91. The maximum Gasteiger partial charge on any atom is 0.317 e. The van der Waals surface area contributed by atoms with E-state index >= 15 is 0 Å². The van der Waals surface area contributed by atoms with E-state index in [1.54, 1.807) is 12.1 Å². The molecule has 0 atom stereocenters. The van der Waals surface area contributed by atoms with E-state index in [0.29, 0.717) is 5.02 Å². The van der Waals surface area contributed by atoms with Gasteiger partial charge >= 0.3 is 6.03 Å². The lowest BCUT2D eigenvalue weighted by Crippen LogP contribution is -2.35. The number of halogens is 2. The normalized spacial score (nSPS) is 14.0. The molecular weight excluding hydrogens is 391 g/mol. The Kier molecular flexibility index (Phi) is 6.02. The quantitative estimate of drug-likeness (QED) is 0.548. The molecule has 1 aromatic heterocycles. The topological polar surface area (TPSA) is 49.3 Å². The summed E-state index contributed by atoms with van der Waals surface area (Å²) in [7, 11) is 0. The Bertz CT molecular complexity index is 1000. The Morgan fingerprint density at radius 1 is 1.14 bits per heavy atom. The summed E-state index contributed by atoms with van der Waals surface area (Å²) in [6, 6.07) is 12.4. The van der Waals surface area contributed by atoms with Crippen LogP contribution in [0.4, 0.5) is 9.18 Å². The highest BCUT2D eigenvalue weighted by Gasteiger charge is 2.18. The van der Waals surface area contributed by atoms with Gasteiger partial charge in [-0.05, 0) is 67.4 Å². The van der Waals surface area contributed by atoms with Crippen LogP contribution >= 0.6 is 11.6 Å². The second-order valence-corrected chi connectivity index (χ2v) is 7.67. The van der Waals surface area contributed by atoms with E-state index in [2.05, 4.69) is 21.4 Å². The fraction of sp³-hybridized carbons (Fsp3) is 0.318. The van der Waals surface area contributed by atoms with Gasteiger partial charge in [-0.3, -0.25) is 0 Å². The summed E-state index contributed by atoms with van der Waals surface area (Å²) in [6.07, 6.45) is 3.99. The number of nitrogens with one attached hydrogen (secondary N) is 2. The summed E-state index contributed by atoms with van der Waals surface area (Å²) < 4.78 is 15.4. The van der Waals surface area contributed by atoms with Crippen LogP contribution in [-0.2, 0) is 6.42 Å². The van der Waals surface area contributed by atoms with E-state index in [4.69, 9.17) is 11.6 Å². The number of aromatic nitrogens is 1. The molecule has 2 heterocycles. The van der Waals surface area contributed by atoms with Gasteiger partial charge in [0, 0.05) is 48.5 Å². The van der Waals surface area contributed by atoms with Gasteiger partial charge in [0.15, 0.2) is 0 Å². The molecule has 29 heavy (non-hydrogen) atoms. The van der Waals surface area contributed by atoms with Gasteiger partial charge < -0.3 is 20.1 Å². The molecule has 3 aromatic rings. The highest BCUT2D eigenvalue weighted by atomic mass is 35.5. The number of carbonyl (C=O) groups is 1. The molecule has 7 heteroatoms. The van der Waals surface area contributed by atoms with Gasteiger partial charge in [0.2, 0.25) is 0 Å². The van der Waals surface area contributed by atoms with Gasteiger partial charge in [0.05, 0.1) is 5.52 Å². The van der Waals surface area contributed by atoms with Crippen LogP contribution in [0.1, 0.15) is 12.0 Å². The first-order valence-corrected chi connectivity index (χ1v) is 10.3. The average Bonchev–Trinajstić information content (AvgIpc) is 3.28. The molecule has 1 aliphatic heterocycles. The lowest BCUT2D eigenvalue weighted by Gasteiger charge is -2.14. The van der Waals surface area contributed by atoms with Crippen molar-refractivity contribution in [3.63, 3.8) is 0 Å². The summed E-state index contributed by atoms with van der Waals surface area (Å²) in [5.74, 6) is -0.244. The molecule has 0 radical (unpaired) electrons. The zero-order valence-corrected chi connectivity index (χ0v) is 16.9. The number of amides is 2. The van der Waals surface area contributed by atoms with Crippen molar-refractivity contribution in [2.24, 2.45) is 0 Å². The first-order chi connectivity index (χ1) is 14.1. The van der Waals surface area contributed by atoms with Gasteiger partial charge in [-0.1, -0.05) is 11.6 Å². The van der Waals surface area contributed by atoms with E-state index in [1.807, 2.05) is 23.1 Å². The van der Waals surface area contributed by atoms with Crippen LogP contribution in [-0.4, -0.2) is 48.2 Å². The van der Waals surface area contributed by atoms with Gasteiger partial charge in [-0.2, -0.15) is 0 Å². The maximum atomic E-state index is 13.3. The zero-order valence-electron chi connectivity index (χ0n) is 16.1. The number of nitrogens with zero attached hydrogens (tertiary/aromatic N) is 2. The summed E-state index contributed by atoms with van der Waals surface area (Å²) in [5, 5.41) is 8.05. The number of carbonyl (C=O) groups excluding carboxylic acids is 1. The molecule has 1 saturated heterocycles. The highest BCUT2D eigenvalue weighted by molar-refractivity contribution is 6.31. The van der Waals surface area contributed by atoms with Crippen LogP contribution in [0.5, 0.6) is 0 Å². The molecule has 152 valence electrons. The molecule has 1 fully saturated rings. The molecule has 1 aliphatic rings. The van der Waals surface area contributed by atoms with Crippen molar-refractivity contribution in [3.05, 3.63) is 65.1 Å². The predicted octanol–water partition coefficient (Wildman–Crippen LogP) is 3.97. The summed E-state index contributed by atoms with van der Waals surface area (Å²) in [5.41, 5.74) is 3.20. The highest BCUT2D eigenvalue weighted by Crippen LogP contribution is 2.28. The fourth-order valence-electron chi connectivity index (χ4n) is 3.75. The number of hydrogen-bond acceptors (Lipinski definition) is 2. The Hall–Kier alpha value is -2.57. The van der Waals surface area contributed by atoms with Crippen molar-refractivity contribution in [1.29, 1.82) is 0 Å². The van der Waals surface area contributed by atoms with Gasteiger partial charge in [0.25, 0.3) is 0 Å². The Morgan fingerprint density at radius 3 is 2.72 bits per heavy atom. The molecule has 4 rings (SSSR count). The van der Waals surface area contributed by atoms with Crippen LogP contribution in [0.15, 0.2) is 48.7 Å². The smallest absolute Gasteiger partial charge is 0.317 e. The average molecular weight is 415 g/mol. The Balaban J connectivity index is 1.40. The Morgan fingerprint density at radius 2 is 1.97 bits per heavy atom. The van der Waals surface area contributed by atoms with Crippen molar-refractivity contribution in [2.45, 2.75) is 12.8 Å². The fourth-order valence-corrected chi connectivity index (χ4v) is 3.92. The predicted molar refractivity (Wildman–Crippen MR) is 114 cm³/mol. The number of fused-ring (bicyclic) bond motifs is 1. The van der Waals surface area contributed by atoms with Crippen LogP contribution in [0, 0.1) is 5.82 Å². The SMILES string of the molecule is O=C1NCCN1CCNCCCc1cn(-c2ccc(F)cc2)c2ccc(Cl)cc12. The van der Waals surface area contributed by atoms with Crippen LogP contribution in [0.25, 0.3) is 16.6 Å². The molecule has 0 aliphatic carbocycles. The largest absolute Gasteiger partial charge is 0.336 e. The number of hydrogen-bond donors (Lipinski definition) is 2. The van der Waals surface area contributed by atoms with Crippen molar-refractivity contribution < 1.29 is 9.18 Å². The van der Waals surface area contributed by atoms with E-state index < -0.39 is 0 Å². The standard InChI is InChI=1S/C22H24ClFN4O/c23-17-3-8-21-20(14-17)16(15-28(21)19-6-4-18(24)5-7-19)2-1-9-25-10-12-27-13-11-26-22(27)29/h3-8,14-15,25H,1-2,9-13H2,(H,26,29). The molecule has 2 aromatic carbocycles. The monoisotopic (exact) mass is 414 g/mol. The first kappa shape index (κ1) is 19.7. The minimum absolute atomic E-state index is 0.0253. The summed E-state index contributed by atoms with van der Waals surface area (Å²) in [4.78, 5) is 13.3. The number of urea groups is 1. The lowest BCUT2D eigenvalue weighted by molar-refractivity contribution is 0.217. The summed E-state index contributed by atoms with van der Waals surface area (Å²) in [6.45, 7) is 3.91. The van der Waals surface area contributed by atoms with E-state index in [-0.39, 0.29) is 11.8 Å². The third-order valence-electron chi connectivity index (χ3n) is 5.26. The van der Waals surface area contributed by atoms with Gasteiger partial charge in [0.1, 0.15) is 5.82 Å². The van der Waals surface area contributed by atoms with E-state index in [9.17, 15) is 9.18 Å². The lowest BCUT2D eigenvalue weighted by atomic mass is 10.1. The minimum Gasteiger partial charge on any atom is -0.336 e. The molecule has 0 bridgehead atoms. The number of rotatable bonds is 8. The molecular formula is C22H24ClFN4O. The van der Waals surface area contributed by atoms with Crippen molar-refractivity contribution in [3.8, 4) is 5.69 Å². The third kappa shape index (κ3) is 4.54. The molecule has 2 amide bonds. The molecule has 0 spiro atoms. The van der Waals surface area contributed by atoms with Crippen LogP contribution in [0.2, 0.25) is 5.02 Å². The van der Waals surface area contributed by atoms with E-state index in [1.165, 1.54) is 17.7 Å². The van der Waals surface area contributed by atoms with Gasteiger partial charge in [-0.15, -0.1) is 0 Å². The molecule has 0 unspecified atom stereocenters. The molecule has 0 saturated carbocycles. The van der Waals surface area contributed by atoms with Crippen LogP contribution in [0.3, 0.4) is 0 Å². The van der Waals surface area contributed by atoms with Crippen molar-refractivity contribution in [1.82, 2.24) is 20.1 Å². The van der Waals surface area contributed by atoms with Gasteiger partial charge in [-0.25, -0.2) is 9.18 Å². The second-order valence-electron chi connectivity index (χ2n) is 7.23. The van der Waals surface area contributed by atoms with E-state index in [0.717, 1.165) is 62.2 Å². The molecule has 5 nitrogen and oxygen atoms in total. The maximum absolute atomic E-state index is 13.3.